The molecular weight excluding hydrogens is 373 g/mol. The van der Waals surface area contributed by atoms with Gasteiger partial charge in [-0.25, -0.2) is 4.39 Å². The molecule has 0 aliphatic carbocycles. The highest BCUT2D eigenvalue weighted by Crippen LogP contribution is 2.34. The van der Waals surface area contributed by atoms with Crippen LogP contribution >= 0.6 is 0 Å². The number of fused-ring (bicyclic) bond motifs is 1. The summed E-state index contributed by atoms with van der Waals surface area (Å²) in [6, 6.07) is 12.1. The lowest BCUT2D eigenvalue weighted by Gasteiger charge is -2.27. The summed E-state index contributed by atoms with van der Waals surface area (Å²) in [6.07, 6.45) is 0.941. The SMILES string of the molecule is CC(C(=O)Nc1ccc2c(c1)OCO2)N1CCCN(Cc2ccccc2F)CC1. The Hall–Kier alpha value is -2.64. The average Bonchev–Trinajstić information content (AvgIpc) is 3.06. The Labute approximate surface area is 170 Å². The molecule has 2 aromatic rings. The van der Waals surface area contributed by atoms with Crippen LogP contribution in [0.4, 0.5) is 10.1 Å². The quantitative estimate of drug-likeness (QED) is 0.838. The third-order valence-electron chi connectivity index (χ3n) is 5.54. The predicted octanol–water partition coefficient (Wildman–Crippen LogP) is 3.09. The van der Waals surface area contributed by atoms with E-state index >= 15 is 0 Å². The summed E-state index contributed by atoms with van der Waals surface area (Å²) in [7, 11) is 0. The first kappa shape index (κ1) is 19.7. The second-order valence-corrected chi connectivity index (χ2v) is 7.49. The highest BCUT2D eigenvalue weighted by Gasteiger charge is 2.25. The van der Waals surface area contributed by atoms with Crippen molar-refractivity contribution in [3.8, 4) is 11.5 Å². The van der Waals surface area contributed by atoms with Crippen molar-refractivity contribution < 1.29 is 18.7 Å². The zero-order valence-electron chi connectivity index (χ0n) is 16.6. The number of anilines is 1. The van der Waals surface area contributed by atoms with Gasteiger partial charge in [0.05, 0.1) is 6.04 Å². The van der Waals surface area contributed by atoms with Gasteiger partial charge in [-0.15, -0.1) is 0 Å². The van der Waals surface area contributed by atoms with Crippen molar-refractivity contribution >= 4 is 11.6 Å². The molecule has 2 aliphatic heterocycles. The standard InChI is InChI=1S/C22H26FN3O3/c1-16(22(27)24-18-7-8-20-21(13-18)29-15-28-20)26-10-4-9-25(11-12-26)14-17-5-2-3-6-19(17)23/h2-3,5-8,13,16H,4,9-12,14-15H2,1H3,(H,24,27). The van der Waals surface area contributed by atoms with E-state index in [4.69, 9.17) is 9.47 Å². The van der Waals surface area contributed by atoms with Gasteiger partial charge in [0, 0.05) is 43.5 Å². The minimum absolute atomic E-state index is 0.0496. The summed E-state index contributed by atoms with van der Waals surface area (Å²) in [4.78, 5) is 17.2. The molecule has 1 N–H and O–H groups in total. The van der Waals surface area contributed by atoms with Crippen molar-refractivity contribution in [3.05, 3.63) is 53.8 Å². The number of benzene rings is 2. The Morgan fingerprint density at radius 1 is 1.10 bits per heavy atom. The van der Waals surface area contributed by atoms with Crippen molar-refractivity contribution in [2.24, 2.45) is 0 Å². The molecule has 2 heterocycles. The van der Waals surface area contributed by atoms with Crippen molar-refractivity contribution in [1.29, 1.82) is 0 Å². The lowest BCUT2D eigenvalue weighted by atomic mass is 10.2. The van der Waals surface area contributed by atoms with E-state index in [1.165, 1.54) is 6.07 Å². The normalized spacial score (nSPS) is 18.3. The van der Waals surface area contributed by atoms with E-state index in [9.17, 15) is 9.18 Å². The highest BCUT2D eigenvalue weighted by molar-refractivity contribution is 5.94. The molecule has 2 aliphatic rings. The van der Waals surface area contributed by atoms with Crippen LogP contribution < -0.4 is 14.8 Å². The molecule has 0 bridgehead atoms. The third-order valence-corrected chi connectivity index (χ3v) is 5.54. The van der Waals surface area contributed by atoms with E-state index < -0.39 is 0 Å². The van der Waals surface area contributed by atoms with E-state index in [0.29, 0.717) is 23.7 Å². The number of nitrogens with one attached hydrogen (secondary N) is 1. The number of carbonyl (C=O) groups excluding carboxylic acids is 1. The molecule has 1 unspecified atom stereocenters. The van der Waals surface area contributed by atoms with Crippen molar-refractivity contribution in [1.82, 2.24) is 9.80 Å². The Kier molecular flexibility index (Phi) is 5.97. The summed E-state index contributed by atoms with van der Waals surface area (Å²) in [6.45, 7) is 6.03. The zero-order chi connectivity index (χ0) is 20.2. The first-order chi connectivity index (χ1) is 14.1. The number of carbonyl (C=O) groups is 1. The van der Waals surface area contributed by atoms with Crippen LogP contribution in [-0.4, -0.2) is 54.7 Å². The fourth-order valence-electron chi connectivity index (χ4n) is 3.79. The Morgan fingerprint density at radius 3 is 2.79 bits per heavy atom. The molecule has 0 spiro atoms. The minimum atomic E-state index is -0.256. The summed E-state index contributed by atoms with van der Waals surface area (Å²) in [5.74, 6) is 1.13. The first-order valence-corrected chi connectivity index (χ1v) is 10.0. The van der Waals surface area contributed by atoms with Crippen LogP contribution in [0.25, 0.3) is 0 Å². The topological polar surface area (TPSA) is 54.0 Å². The number of hydrogen-bond acceptors (Lipinski definition) is 5. The molecule has 0 saturated carbocycles. The number of amides is 1. The lowest BCUT2D eigenvalue weighted by Crippen LogP contribution is -2.43. The van der Waals surface area contributed by atoms with E-state index in [1.807, 2.05) is 25.1 Å². The van der Waals surface area contributed by atoms with Crippen LogP contribution in [0.5, 0.6) is 11.5 Å². The number of nitrogens with zero attached hydrogens (tertiary/aromatic N) is 2. The van der Waals surface area contributed by atoms with Gasteiger partial charge in [-0.2, -0.15) is 0 Å². The van der Waals surface area contributed by atoms with Crippen LogP contribution in [0.1, 0.15) is 18.9 Å². The van der Waals surface area contributed by atoms with Crippen LogP contribution in [0.3, 0.4) is 0 Å². The van der Waals surface area contributed by atoms with Gasteiger partial charge < -0.3 is 14.8 Å². The molecule has 1 amide bonds. The Balaban J connectivity index is 1.32. The van der Waals surface area contributed by atoms with E-state index in [-0.39, 0.29) is 24.6 Å². The second kappa shape index (κ2) is 8.80. The van der Waals surface area contributed by atoms with Gasteiger partial charge in [0.15, 0.2) is 11.5 Å². The van der Waals surface area contributed by atoms with Crippen LogP contribution in [0.2, 0.25) is 0 Å². The van der Waals surface area contributed by atoms with E-state index in [2.05, 4.69) is 15.1 Å². The predicted molar refractivity (Wildman–Crippen MR) is 109 cm³/mol. The van der Waals surface area contributed by atoms with Gasteiger partial charge in [-0.1, -0.05) is 18.2 Å². The van der Waals surface area contributed by atoms with Crippen LogP contribution in [-0.2, 0) is 11.3 Å². The fourth-order valence-corrected chi connectivity index (χ4v) is 3.79. The minimum Gasteiger partial charge on any atom is -0.454 e. The molecule has 6 nitrogen and oxygen atoms in total. The molecular formula is C22H26FN3O3. The maximum atomic E-state index is 13.9. The summed E-state index contributed by atoms with van der Waals surface area (Å²) < 4.78 is 24.6. The summed E-state index contributed by atoms with van der Waals surface area (Å²) >= 11 is 0. The van der Waals surface area contributed by atoms with E-state index in [0.717, 1.165) is 38.2 Å². The average molecular weight is 399 g/mol. The number of hydrogen-bond donors (Lipinski definition) is 1. The first-order valence-electron chi connectivity index (χ1n) is 10.0. The van der Waals surface area contributed by atoms with Gasteiger partial charge in [0.2, 0.25) is 12.7 Å². The Morgan fingerprint density at radius 2 is 1.93 bits per heavy atom. The number of rotatable bonds is 5. The van der Waals surface area contributed by atoms with Gasteiger partial charge in [-0.3, -0.25) is 14.6 Å². The smallest absolute Gasteiger partial charge is 0.241 e. The molecule has 7 heteroatoms. The molecule has 0 aromatic heterocycles. The van der Waals surface area contributed by atoms with Crippen LogP contribution in [0, 0.1) is 5.82 Å². The molecule has 154 valence electrons. The molecule has 29 heavy (non-hydrogen) atoms. The largest absolute Gasteiger partial charge is 0.454 e. The summed E-state index contributed by atoms with van der Waals surface area (Å²) in [5.41, 5.74) is 1.41. The Bertz CT molecular complexity index is 876. The van der Waals surface area contributed by atoms with Gasteiger partial charge in [0.25, 0.3) is 0 Å². The molecule has 1 saturated heterocycles. The molecule has 2 aromatic carbocycles. The maximum Gasteiger partial charge on any atom is 0.241 e. The van der Waals surface area contributed by atoms with Crippen LogP contribution in [0.15, 0.2) is 42.5 Å². The van der Waals surface area contributed by atoms with Gasteiger partial charge >= 0.3 is 0 Å². The van der Waals surface area contributed by atoms with E-state index in [1.54, 1.807) is 18.2 Å². The fraction of sp³-hybridized carbons (Fsp3) is 0.409. The molecule has 1 fully saturated rings. The molecule has 4 rings (SSSR count). The van der Waals surface area contributed by atoms with Gasteiger partial charge in [0.1, 0.15) is 5.82 Å². The van der Waals surface area contributed by atoms with Crippen molar-refractivity contribution in [3.63, 3.8) is 0 Å². The third kappa shape index (κ3) is 4.68. The van der Waals surface area contributed by atoms with Crippen molar-refractivity contribution in [2.45, 2.75) is 25.9 Å². The highest BCUT2D eigenvalue weighted by atomic mass is 19.1. The second-order valence-electron chi connectivity index (χ2n) is 7.49. The monoisotopic (exact) mass is 399 g/mol. The maximum absolute atomic E-state index is 13.9. The molecule has 1 atom stereocenters. The summed E-state index contributed by atoms with van der Waals surface area (Å²) in [5, 5.41) is 2.97. The van der Waals surface area contributed by atoms with Gasteiger partial charge in [-0.05, 0) is 38.1 Å². The van der Waals surface area contributed by atoms with Crippen molar-refractivity contribution in [2.75, 3.05) is 38.3 Å². The molecule has 0 radical (unpaired) electrons. The number of halogens is 1. The number of ether oxygens (including phenoxy) is 2. The zero-order valence-corrected chi connectivity index (χ0v) is 16.6. The lowest BCUT2D eigenvalue weighted by molar-refractivity contribution is -0.120.